The van der Waals surface area contributed by atoms with Crippen LogP contribution in [0.5, 0.6) is 5.75 Å². The van der Waals surface area contributed by atoms with Gasteiger partial charge >= 0.3 is 5.97 Å². The second kappa shape index (κ2) is 4.78. The van der Waals surface area contributed by atoms with Crippen LogP contribution < -0.4 is 4.74 Å². The van der Waals surface area contributed by atoms with Gasteiger partial charge in [-0.1, -0.05) is 0 Å². The maximum Gasteiger partial charge on any atom is 0.375 e. The van der Waals surface area contributed by atoms with Crippen molar-refractivity contribution in [3.05, 3.63) is 35.4 Å². The lowest BCUT2D eigenvalue weighted by Crippen LogP contribution is -2.04. The number of aromatic carboxylic acids is 1. The highest BCUT2D eigenvalue weighted by molar-refractivity contribution is 5.83. The van der Waals surface area contributed by atoms with Gasteiger partial charge in [-0.2, -0.15) is 5.26 Å². The maximum atomic E-state index is 10.8. The fourth-order valence-electron chi connectivity index (χ4n) is 1.63. The van der Waals surface area contributed by atoms with Crippen LogP contribution in [0.4, 0.5) is 0 Å². The monoisotopic (exact) mass is 258 g/mol. The first kappa shape index (κ1) is 12.6. The lowest BCUT2D eigenvalue weighted by atomic mass is 10.2. The first-order valence-electron chi connectivity index (χ1n) is 5.32. The zero-order valence-electron chi connectivity index (χ0n) is 10.3. The average Bonchev–Trinajstić information content (AvgIpc) is 2.80. The van der Waals surface area contributed by atoms with E-state index in [1.807, 2.05) is 6.07 Å². The van der Waals surface area contributed by atoms with Crippen LogP contribution in [0, 0.1) is 18.3 Å². The predicted octanol–water partition coefficient (Wildman–Crippen LogP) is 1.15. The molecule has 1 N–H and O–H groups in total. The number of nitriles is 1. The average molecular weight is 258 g/mol. The van der Waals surface area contributed by atoms with Crippen LogP contribution in [0.15, 0.2) is 18.2 Å². The van der Waals surface area contributed by atoms with E-state index in [4.69, 9.17) is 15.1 Å². The number of carbonyl (C=O) groups is 1. The maximum absolute atomic E-state index is 10.8. The molecular formula is C12H10N4O3. The fraction of sp³-hybridized carbons (Fsp3) is 0.167. The molecule has 0 saturated carbocycles. The van der Waals surface area contributed by atoms with Gasteiger partial charge in [0.25, 0.3) is 5.82 Å². The number of benzene rings is 1. The van der Waals surface area contributed by atoms with E-state index in [1.165, 1.54) is 11.8 Å². The van der Waals surface area contributed by atoms with Gasteiger partial charge in [-0.25, -0.2) is 14.5 Å². The molecule has 0 unspecified atom stereocenters. The molecule has 2 rings (SSSR count). The third-order valence-electron chi connectivity index (χ3n) is 2.50. The van der Waals surface area contributed by atoms with Gasteiger partial charge in [-0.05, 0) is 19.1 Å². The van der Waals surface area contributed by atoms with E-state index in [9.17, 15) is 4.79 Å². The highest BCUT2D eigenvalue weighted by atomic mass is 16.5. The Morgan fingerprint density at radius 3 is 2.79 bits per heavy atom. The van der Waals surface area contributed by atoms with Crippen molar-refractivity contribution in [2.24, 2.45) is 0 Å². The van der Waals surface area contributed by atoms with Gasteiger partial charge in [0.05, 0.1) is 18.7 Å². The van der Waals surface area contributed by atoms with Gasteiger partial charge in [0.1, 0.15) is 17.3 Å². The summed E-state index contributed by atoms with van der Waals surface area (Å²) in [4.78, 5) is 14.7. The Labute approximate surface area is 108 Å². The van der Waals surface area contributed by atoms with Crippen LogP contribution in [0.25, 0.3) is 5.69 Å². The van der Waals surface area contributed by atoms with Gasteiger partial charge in [0, 0.05) is 6.07 Å². The van der Waals surface area contributed by atoms with Crippen molar-refractivity contribution in [1.29, 1.82) is 5.26 Å². The van der Waals surface area contributed by atoms with Crippen LogP contribution in [0.2, 0.25) is 0 Å². The molecular weight excluding hydrogens is 248 g/mol. The minimum Gasteiger partial charge on any atom is -0.494 e. The number of ether oxygens (including phenoxy) is 1. The summed E-state index contributed by atoms with van der Waals surface area (Å²) in [6.45, 7) is 1.64. The van der Waals surface area contributed by atoms with Crippen molar-refractivity contribution in [3.63, 3.8) is 0 Å². The van der Waals surface area contributed by atoms with Gasteiger partial charge in [-0.15, -0.1) is 5.10 Å². The number of aromatic nitrogens is 3. The fourth-order valence-corrected chi connectivity index (χ4v) is 1.63. The van der Waals surface area contributed by atoms with E-state index in [0.29, 0.717) is 22.8 Å². The molecule has 0 radical (unpaired) electrons. The second-order valence-electron chi connectivity index (χ2n) is 3.70. The van der Waals surface area contributed by atoms with Crippen LogP contribution in [-0.2, 0) is 0 Å². The first-order chi connectivity index (χ1) is 9.06. The number of hydrogen-bond acceptors (Lipinski definition) is 5. The lowest BCUT2D eigenvalue weighted by Gasteiger charge is -2.09. The Kier molecular flexibility index (Phi) is 3.16. The minimum absolute atomic E-state index is 0.288. The summed E-state index contributed by atoms with van der Waals surface area (Å²) >= 11 is 0. The van der Waals surface area contributed by atoms with E-state index in [0.717, 1.165) is 0 Å². The Morgan fingerprint density at radius 1 is 1.53 bits per heavy atom. The van der Waals surface area contributed by atoms with Gasteiger partial charge < -0.3 is 9.84 Å². The Bertz CT molecular complexity index is 685. The highest BCUT2D eigenvalue weighted by Crippen LogP contribution is 2.24. The lowest BCUT2D eigenvalue weighted by molar-refractivity contribution is 0.0683. The summed E-state index contributed by atoms with van der Waals surface area (Å²) in [6.07, 6.45) is 0. The quantitative estimate of drug-likeness (QED) is 0.886. The minimum atomic E-state index is -1.20. The molecule has 2 aromatic rings. The largest absolute Gasteiger partial charge is 0.494 e. The Balaban J connectivity index is 2.59. The van der Waals surface area contributed by atoms with E-state index >= 15 is 0 Å². The molecule has 0 amide bonds. The topological polar surface area (TPSA) is 101 Å². The van der Waals surface area contributed by atoms with E-state index in [-0.39, 0.29) is 5.82 Å². The van der Waals surface area contributed by atoms with Crippen molar-refractivity contribution in [2.75, 3.05) is 7.11 Å². The van der Waals surface area contributed by atoms with Gasteiger partial charge in [-0.3, -0.25) is 0 Å². The number of nitrogens with zero attached hydrogens (tertiary/aromatic N) is 4. The molecule has 0 aliphatic rings. The highest BCUT2D eigenvalue weighted by Gasteiger charge is 2.16. The van der Waals surface area contributed by atoms with E-state index < -0.39 is 5.97 Å². The Hall–Kier alpha value is -2.88. The number of carboxylic acids is 1. The van der Waals surface area contributed by atoms with Crippen molar-refractivity contribution in [1.82, 2.24) is 14.8 Å². The second-order valence-corrected chi connectivity index (χ2v) is 3.70. The molecule has 0 aliphatic heterocycles. The molecule has 0 atom stereocenters. The summed E-state index contributed by atoms with van der Waals surface area (Å²) in [5, 5.41) is 21.6. The van der Waals surface area contributed by atoms with Crippen LogP contribution >= 0.6 is 0 Å². The summed E-state index contributed by atoms with van der Waals surface area (Å²) in [6, 6.07) is 6.78. The van der Waals surface area contributed by atoms with Crippen molar-refractivity contribution in [2.45, 2.75) is 6.92 Å². The predicted molar refractivity (Wildman–Crippen MR) is 64.3 cm³/mol. The summed E-state index contributed by atoms with van der Waals surface area (Å²) in [7, 11) is 1.46. The zero-order chi connectivity index (χ0) is 14.0. The molecule has 0 saturated heterocycles. The zero-order valence-corrected chi connectivity index (χ0v) is 10.3. The molecule has 7 nitrogen and oxygen atoms in total. The molecule has 7 heteroatoms. The molecule has 1 aromatic heterocycles. The molecule has 1 aromatic carbocycles. The molecule has 19 heavy (non-hydrogen) atoms. The number of hydrogen-bond donors (Lipinski definition) is 1. The van der Waals surface area contributed by atoms with E-state index in [1.54, 1.807) is 25.1 Å². The molecule has 0 aliphatic carbocycles. The van der Waals surface area contributed by atoms with Crippen LogP contribution in [0.3, 0.4) is 0 Å². The van der Waals surface area contributed by atoms with Crippen LogP contribution in [-0.4, -0.2) is 33.0 Å². The van der Waals surface area contributed by atoms with Crippen molar-refractivity contribution < 1.29 is 14.6 Å². The summed E-state index contributed by atoms with van der Waals surface area (Å²) in [5.41, 5.74) is 0.968. The number of rotatable bonds is 3. The normalized spacial score (nSPS) is 9.95. The molecule has 1 heterocycles. The summed E-state index contributed by atoms with van der Waals surface area (Å²) in [5.74, 6) is -0.650. The van der Waals surface area contributed by atoms with Crippen LogP contribution in [0.1, 0.15) is 22.0 Å². The first-order valence-corrected chi connectivity index (χ1v) is 5.32. The number of aryl methyl sites for hydroxylation is 1. The van der Waals surface area contributed by atoms with Crippen molar-refractivity contribution >= 4 is 5.97 Å². The third-order valence-corrected chi connectivity index (χ3v) is 2.50. The molecule has 0 bridgehead atoms. The molecule has 96 valence electrons. The standard InChI is InChI=1S/C12H10N4O3/c1-7-14-11(12(17)18)15-16(7)9-4-3-8(6-13)5-10(9)19-2/h3-5H,1-2H3,(H,17,18). The number of carboxylic acid groups (broad SMARTS) is 1. The van der Waals surface area contributed by atoms with Gasteiger partial charge in [0.2, 0.25) is 0 Å². The van der Waals surface area contributed by atoms with Gasteiger partial charge in [0.15, 0.2) is 0 Å². The smallest absolute Gasteiger partial charge is 0.375 e. The SMILES string of the molecule is COc1cc(C#N)ccc1-n1nc(C(=O)O)nc1C. The van der Waals surface area contributed by atoms with E-state index in [2.05, 4.69) is 10.1 Å². The molecule has 0 spiro atoms. The molecule has 0 fully saturated rings. The number of methoxy groups -OCH3 is 1. The summed E-state index contributed by atoms with van der Waals surface area (Å²) < 4.78 is 6.54. The van der Waals surface area contributed by atoms with Crippen molar-refractivity contribution in [3.8, 4) is 17.5 Å². The third kappa shape index (κ3) is 2.24. The Morgan fingerprint density at radius 2 is 2.26 bits per heavy atom.